The second-order valence-corrected chi connectivity index (χ2v) is 1.35. The Morgan fingerprint density at radius 3 is 2.83 bits per heavy atom. The zero-order valence-electron chi connectivity index (χ0n) is 3.03. The lowest BCUT2D eigenvalue weighted by molar-refractivity contribution is 1.41. The van der Waals surface area contributed by atoms with Gasteiger partial charge in [0.15, 0.2) is 0 Å². The van der Waals surface area contributed by atoms with Crippen LogP contribution in [0.1, 0.15) is 0 Å². The Morgan fingerprint density at radius 2 is 2.67 bits per heavy atom. The highest BCUT2D eigenvalue weighted by molar-refractivity contribution is 6.29. The van der Waals surface area contributed by atoms with Crippen LogP contribution in [0.25, 0.3) is 0 Å². The maximum atomic E-state index is 5.37. The van der Waals surface area contributed by atoms with Crippen LogP contribution in [0.15, 0.2) is 12.3 Å². The Labute approximate surface area is 40.9 Å². The van der Waals surface area contributed by atoms with Gasteiger partial charge in [0, 0.05) is 12.3 Å². The Kier molecular flexibility index (Phi) is 0.843. The normalized spacial score (nSPS) is 8.83. The van der Waals surface area contributed by atoms with Crippen molar-refractivity contribution in [1.82, 2.24) is 4.98 Å². The third kappa shape index (κ3) is 0.546. The largest absolute Gasteiger partial charge is 0.352 e. The van der Waals surface area contributed by atoms with Crippen molar-refractivity contribution in [2.45, 2.75) is 0 Å². The van der Waals surface area contributed by atoms with Crippen molar-refractivity contribution < 1.29 is 0 Å². The van der Waals surface area contributed by atoms with E-state index in [0.29, 0.717) is 5.15 Å². The Morgan fingerprint density at radius 1 is 1.83 bits per heavy atom. The van der Waals surface area contributed by atoms with E-state index >= 15 is 0 Å². The monoisotopic (exact) mass is 100.0 g/mol. The molecule has 0 aliphatic rings. The van der Waals surface area contributed by atoms with E-state index in [9.17, 15) is 0 Å². The van der Waals surface area contributed by atoms with Gasteiger partial charge in [-0.2, -0.15) is 0 Å². The van der Waals surface area contributed by atoms with E-state index in [1.54, 1.807) is 12.3 Å². The average molecular weight is 101 g/mol. The second-order valence-electron chi connectivity index (χ2n) is 0.948. The van der Waals surface area contributed by atoms with Gasteiger partial charge in [0.05, 0.1) is 0 Å². The molecule has 1 N–H and O–H groups in total. The summed E-state index contributed by atoms with van der Waals surface area (Å²) in [6.07, 6.45) is 1.66. The lowest BCUT2D eigenvalue weighted by Crippen LogP contribution is -1.49. The minimum atomic E-state index is 0.634. The van der Waals surface area contributed by atoms with Crippen LogP contribution in [-0.4, -0.2) is 4.98 Å². The molecule has 6 heavy (non-hydrogen) atoms. The summed E-state index contributed by atoms with van der Waals surface area (Å²) in [7, 11) is 0. The molecule has 31 valence electrons. The number of hydrogen-bond acceptors (Lipinski definition) is 0. The van der Waals surface area contributed by atoms with Gasteiger partial charge in [-0.05, 0) is 6.07 Å². The topological polar surface area (TPSA) is 15.8 Å². The van der Waals surface area contributed by atoms with E-state index in [2.05, 4.69) is 11.1 Å². The molecule has 0 atom stereocenters. The Hall–Kier alpha value is -0.430. The third-order valence-corrected chi connectivity index (χ3v) is 0.722. The Bertz CT molecular complexity index is 111. The first-order chi connectivity index (χ1) is 2.89. The first-order valence-corrected chi connectivity index (χ1v) is 1.97. The van der Waals surface area contributed by atoms with Gasteiger partial charge in [-0.15, -0.1) is 0 Å². The molecule has 0 saturated heterocycles. The van der Waals surface area contributed by atoms with Crippen molar-refractivity contribution in [3.8, 4) is 0 Å². The van der Waals surface area contributed by atoms with E-state index in [4.69, 9.17) is 11.6 Å². The molecular formula is C4H3ClN. The maximum Gasteiger partial charge on any atom is 0.106 e. The molecule has 0 saturated carbocycles. The average Bonchev–Trinajstić information content (AvgIpc) is 1.86. The molecule has 0 aliphatic heterocycles. The van der Waals surface area contributed by atoms with E-state index < -0.39 is 0 Å². The second kappa shape index (κ2) is 1.35. The van der Waals surface area contributed by atoms with Crippen molar-refractivity contribution in [3.05, 3.63) is 23.5 Å². The summed E-state index contributed by atoms with van der Waals surface area (Å²) in [4.78, 5) is 2.71. The molecule has 0 spiro atoms. The van der Waals surface area contributed by atoms with Crippen LogP contribution >= 0.6 is 11.6 Å². The van der Waals surface area contributed by atoms with Gasteiger partial charge in [0.25, 0.3) is 0 Å². The van der Waals surface area contributed by atoms with Crippen LogP contribution in [0.3, 0.4) is 0 Å². The molecule has 0 unspecified atom stereocenters. The molecule has 1 rings (SSSR count). The number of H-pyrrole nitrogens is 1. The van der Waals surface area contributed by atoms with Gasteiger partial charge in [-0.1, -0.05) is 11.6 Å². The number of aromatic amines is 1. The fourth-order valence-corrected chi connectivity index (χ4v) is 0.385. The summed E-state index contributed by atoms with van der Waals surface area (Å²) in [5, 5.41) is 0.634. The van der Waals surface area contributed by atoms with E-state index in [1.165, 1.54) is 0 Å². The molecule has 1 aromatic rings. The SMILES string of the molecule is Clc1c[c]c[nH]1. The van der Waals surface area contributed by atoms with Gasteiger partial charge in [0.1, 0.15) is 5.15 Å². The van der Waals surface area contributed by atoms with E-state index in [0.717, 1.165) is 0 Å². The summed E-state index contributed by atoms with van der Waals surface area (Å²) < 4.78 is 0. The van der Waals surface area contributed by atoms with Gasteiger partial charge in [0.2, 0.25) is 0 Å². The highest BCUT2D eigenvalue weighted by Gasteiger charge is 1.76. The highest BCUT2D eigenvalue weighted by Crippen LogP contribution is 1.98. The van der Waals surface area contributed by atoms with Crippen LogP contribution in [0.5, 0.6) is 0 Å². The molecular weight excluding hydrogens is 97.5 g/mol. The predicted octanol–water partition coefficient (Wildman–Crippen LogP) is 1.47. The molecule has 2 heteroatoms. The molecule has 1 heterocycles. The lowest BCUT2D eigenvalue weighted by atomic mass is 10.7. The fourth-order valence-electron chi connectivity index (χ4n) is 0.267. The number of aromatic nitrogens is 1. The van der Waals surface area contributed by atoms with Crippen LogP contribution < -0.4 is 0 Å². The number of rotatable bonds is 0. The number of halogens is 1. The quantitative estimate of drug-likeness (QED) is 0.508. The van der Waals surface area contributed by atoms with Gasteiger partial charge in [-0.25, -0.2) is 0 Å². The molecule has 0 amide bonds. The maximum absolute atomic E-state index is 5.37. The van der Waals surface area contributed by atoms with Crippen molar-refractivity contribution in [2.24, 2.45) is 0 Å². The van der Waals surface area contributed by atoms with Crippen molar-refractivity contribution in [2.75, 3.05) is 0 Å². The molecule has 1 radical (unpaired) electrons. The Balaban J connectivity index is 3.05. The predicted molar refractivity (Wildman–Crippen MR) is 24.6 cm³/mol. The zero-order chi connectivity index (χ0) is 4.41. The summed E-state index contributed by atoms with van der Waals surface area (Å²) in [5.74, 6) is 0. The minimum absolute atomic E-state index is 0.634. The van der Waals surface area contributed by atoms with E-state index in [-0.39, 0.29) is 0 Å². The third-order valence-electron chi connectivity index (χ3n) is 0.503. The molecule has 0 fully saturated rings. The van der Waals surface area contributed by atoms with Crippen molar-refractivity contribution in [3.63, 3.8) is 0 Å². The number of hydrogen-bond donors (Lipinski definition) is 1. The molecule has 0 aliphatic carbocycles. The van der Waals surface area contributed by atoms with Crippen LogP contribution in [-0.2, 0) is 0 Å². The van der Waals surface area contributed by atoms with Gasteiger partial charge >= 0.3 is 0 Å². The molecule has 0 bridgehead atoms. The molecule has 1 aromatic heterocycles. The number of nitrogens with one attached hydrogen (secondary N) is 1. The summed E-state index contributed by atoms with van der Waals surface area (Å²) in [6.45, 7) is 0. The van der Waals surface area contributed by atoms with Crippen LogP contribution in [0.4, 0.5) is 0 Å². The van der Waals surface area contributed by atoms with E-state index in [1.807, 2.05) is 0 Å². The van der Waals surface area contributed by atoms with Gasteiger partial charge < -0.3 is 4.98 Å². The van der Waals surface area contributed by atoms with Gasteiger partial charge in [-0.3, -0.25) is 0 Å². The first-order valence-electron chi connectivity index (χ1n) is 1.59. The van der Waals surface area contributed by atoms with Crippen molar-refractivity contribution >= 4 is 11.6 Å². The molecule has 1 nitrogen and oxygen atoms in total. The van der Waals surface area contributed by atoms with Crippen molar-refractivity contribution in [1.29, 1.82) is 0 Å². The first kappa shape index (κ1) is 3.75. The smallest absolute Gasteiger partial charge is 0.106 e. The molecule has 0 aromatic carbocycles. The summed E-state index contributed by atoms with van der Waals surface area (Å²) >= 11 is 5.37. The minimum Gasteiger partial charge on any atom is -0.352 e. The summed E-state index contributed by atoms with van der Waals surface area (Å²) in [6, 6.07) is 4.41. The fraction of sp³-hybridized carbons (Fsp3) is 0. The summed E-state index contributed by atoms with van der Waals surface area (Å²) in [5.41, 5.74) is 0. The van der Waals surface area contributed by atoms with Crippen LogP contribution in [0, 0.1) is 6.07 Å². The zero-order valence-corrected chi connectivity index (χ0v) is 3.79. The lowest BCUT2D eigenvalue weighted by Gasteiger charge is -1.66. The highest BCUT2D eigenvalue weighted by atomic mass is 35.5. The van der Waals surface area contributed by atoms with Crippen LogP contribution in [0.2, 0.25) is 5.15 Å². The standard InChI is InChI=1S/C4H3ClN/c5-4-2-1-3-6-4/h2-3,6H.